The Kier molecular flexibility index (Phi) is 4.04. The van der Waals surface area contributed by atoms with Crippen LogP contribution in [0, 0.1) is 6.92 Å². The quantitative estimate of drug-likeness (QED) is 0.810. The predicted octanol–water partition coefficient (Wildman–Crippen LogP) is 1.83. The molecule has 0 N–H and O–H groups in total. The first-order valence-corrected chi connectivity index (χ1v) is 7.48. The lowest BCUT2D eigenvalue weighted by atomic mass is 10.2. The van der Waals surface area contributed by atoms with Crippen molar-refractivity contribution < 1.29 is 0 Å². The minimum atomic E-state index is -0.349. The van der Waals surface area contributed by atoms with Gasteiger partial charge in [0.1, 0.15) is 5.65 Å². The van der Waals surface area contributed by atoms with Crippen molar-refractivity contribution in [1.29, 1.82) is 0 Å². The molecule has 6 heteroatoms. The van der Waals surface area contributed by atoms with Crippen LogP contribution in [0.2, 0.25) is 0 Å². The molecule has 0 aliphatic rings. The van der Waals surface area contributed by atoms with Gasteiger partial charge in [-0.15, -0.1) is 11.8 Å². The van der Waals surface area contributed by atoms with Gasteiger partial charge in [0.15, 0.2) is 0 Å². The summed E-state index contributed by atoms with van der Waals surface area (Å²) in [7, 11) is 3.15. The van der Waals surface area contributed by atoms with Crippen LogP contribution in [0.1, 0.15) is 25.8 Å². The highest BCUT2D eigenvalue weighted by molar-refractivity contribution is 8.00. The van der Waals surface area contributed by atoms with E-state index in [1.165, 1.54) is 11.6 Å². The number of fused-ring (bicyclic) bond motifs is 1. The third kappa shape index (κ3) is 2.28. The molecule has 20 heavy (non-hydrogen) atoms. The van der Waals surface area contributed by atoms with E-state index in [-0.39, 0.29) is 11.2 Å². The second-order valence-electron chi connectivity index (χ2n) is 5.01. The zero-order valence-electron chi connectivity index (χ0n) is 12.4. The first-order chi connectivity index (χ1) is 9.38. The number of nitrogens with zero attached hydrogens (tertiary/aromatic N) is 3. The van der Waals surface area contributed by atoms with Gasteiger partial charge in [0, 0.05) is 30.4 Å². The summed E-state index contributed by atoms with van der Waals surface area (Å²) in [6.07, 6.45) is 2.74. The largest absolute Gasteiger partial charge is 0.332 e. The van der Waals surface area contributed by atoms with Gasteiger partial charge in [0.05, 0.1) is 5.39 Å². The molecule has 2 aromatic rings. The summed E-state index contributed by atoms with van der Waals surface area (Å²) in [5.41, 5.74) is 0.802. The van der Waals surface area contributed by atoms with Crippen molar-refractivity contribution in [3.8, 4) is 0 Å². The van der Waals surface area contributed by atoms with Crippen LogP contribution in [0.3, 0.4) is 0 Å². The van der Waals surface area contributed by atoms with Crippen molar-refractivity contribution in [2.24, 2.45) is 14.1 Å². The lowest BCUT2D eigenvalue weighted by molar-refractivity contribution is 0.705. The molecule has 0 unspecified atom stereocenters. The van der Waals surface area contributed by atoms with E-state index in [9.17, 15) is 9.59 Å². The highest BCUT2D eigenvalue weighted by atomic mass is 32.2. The molecule has 0 bridgehead atoms. The maximum Gasteiger partial charge on any atom is 0.332 e. The number of pyridine rings is 1. The predicted molar refractivity (Wildman–Crippen MR) is 82.6 cm³/mol. The number of rotatable bonds is 3. The van der Waals surface area contributed by atoms with Gasteiger partial charge in [-0.3, -0.25) is 13.9 Å². The van der Waals surface area contributed by atoms with Crippen LogP contribution < -0.4 is 11.2 Å². The van der Waals surface area contributed by atoms with E-state index in [0.717, 1.165) is 21.4 Å². The van der Waals surface area contributed by atoms with Gasteiger partial charge in [-0.1, -0.05) is 13.8 Å². The lowest BCUT2D eigenvalue weighted by Crippen LogP contribution is -2.37. The second kappa shape index (κ2) is 5.44. The molecule has 0 amide bonds. The third-order valence-electron chi connectivity index (χ3n) is 3.49. The molecular weight excluding hydrogens is 274 g/mol. The van der Waals surface area contributed by atoms with E-state index < -0.39 is 0 Å². The van der Waals surface area contributed by atoms with E-state index in [1.54, 1.807) is 25.0 Å². The Morgan fingerprint density at radius 1 is 1.30 bits per heavy atom. The first kappa shape index (κ1) is 14.8. The summed E-state index contributed by atoms with van der Waals surface area (Å²) in [5.74, 6) is 0. The van der Waals surface area contributed by atoms with Crippen molar-refractivity contribution in [2.75, 3.05) is 0 Å². The molecule has 108 valence electrons. The van der Waals surface area contributed by atoms with Gasteiger partial charge in [0.2, 0.25) is 0 Å². The molecule has 0 aliphatic heterocycles. The van der Waals surface area contributed by atoms with Crippen molar-refractivity contribution >= 4 is 22.8 Å². The zero-order valence-corrected chi connectivity index (χ0v) is 13.2. The molecule has 5 nitrogen and oxygen atoms in total. The molecule has 0 fully saturated rings. The van der Waals surface area contributed by atoms with Crippen molar-refractivity contribution in [3.63, 3.8) is 0 Å². The number of aryl methyl sites for hydroxylation is 2. The molecule has 2 aromatic heterocycles. The average Bonchev–Trinajstić information content (AvgIpc) is 2.44. The minimum absolute atomic E-state index is 0.273. The van der Waals surface area contributed by atoms with Crippen LogP contribution in [0.4, 0.5) is 0 Å². The smallest absolute Gasteiger partial charge is 0.280 e. The van der Waals surface area contributed by atoms with Crippen molar-refractivity contribution in [3.05, 3.63) is 32.6 Å². The molecule has 2 heterocycles. The normalized spacial score (nSPS) is 12.8. The van der Waals surface area contributed by atoms with Crippen LogP contribution in [-0.4, -0.2) is 19.4 Å². The fraction of sp³-hybridized carbons (Fsp3) is 0.500. The van der Waals surface area contributed by atoms with Gasteiger partial charge in [-0.25, -0.2) is 9.78 Å². The summed E-state index contributed by atoms with van der Waals surface area (Å²) < 4.78 is 2.57. The lowest BCUT2D eigenvalue weighted by Gasteiger charge is -2.14. The number of hydrogen-bond donors (Lipinski definition) is 0. The molecule has 0 spiro atoms. The van der Waals surface area contributed by atoms with Crippen LogP contribution >= 0.6 is 11.8 Å². The average molecular weight is 293 g/mol. The Morgan fingerprint density at radius 2 is 1.95 bits per heavy atom. The molecule has 2 rings (SSSR count). The summed E-state index contributed by atoms with van der Waals surface area (Å²) >= 11 is 1.67. The third-order valence-corrected chi connectivity index (χ3v) is 4.99. The molecular formula is C14H19N3O2S. The fourth-order valence-corrected chi connectivity index (χ4v) is 3.14. The van der Waals surface area contributed by atoms with E-state index in [0.29, 0.717) is 16.3 Å². The van der Waals surface area contributed by atoms with Gasteiger partial charge in [-0.05, 0) is 18.9 Å². The fourth-order valence-electron chi connectivity index (χ4n) is 2.03. The topological polar surface area (TPSA) is 56.9 Å². The summed E-state index contributed by atoms with van der Waals surface area (Å²) in [4.78, 5) is 29.6. The highest BCUT2D eigenvalue weighted by Gasteiger charge is 2.17. The molecule has 0 aliphatic carbocycles. The Labute approximate surface area is 121 Å². The molecule has 0 radical (unpaired) electrons. The maximum absolute atomic E-state index is 12.4. The summed E-state index contributed by atoms with van der Waals surface area (Å²) in [6, 6.07) is 0. The summed E-state index contributed by atoms with van der Waals surface area (Å²) in [6.45, 7) is 6.19. The van der Waals surface area contributed by atoms with Crippen molar-refractivity contribution in [2.45, 2.75) is 37.3 Å². The number of aromatic nitrogens is 3. The summed E-state index contributed by atoms with van der Waals surface area (Å²) in [5, 5.41) is 0.946. The van der Waals surface area contributed by atoms with E-state index >= 15 is 0 Å². The van der Waals surface area contributed by atoms with Gasteiger partial charge in [-0.2, -0.15) is 0 Å². The minimum Gasteiger partial charge on any atom is -0.280 e. The monoisotopic (exact) mass is 293 g/mol. The van der Waals surface area contributed by atoms with Crippen LogP contribution in [0.25, 0.3) is 11.0 Å². The van der Waals surface area contributed by atoms with Gasteiger partial charge < -0.3 is 0 Å². The van der Waals surface area contributed by atoms with Crippen LogP contribution in [0.15, 0.2) is 20.7 Å². The highest BCUT2D eigenvalue weighted by Crippen LogP contribution is 2.31. The number of hydrogen-bond acceptors (Lipinski definition) is 4. The Hall–Kier alpha value is -1.56. The molecule has 1 atom stereocenters. The van der Waals surface area contributed by atoms with E-state index in [4.69, 9.17) is 0 Å². The first-order valence-electron chi connectivity index (χ1n) is 6.60. The number of thioether (sulfide) groups is 1. The van der Waals surface area contributed by atoms with Crippen LogP contribution in [0.5, 0.6) is 0 Å². The second-order valence-corrected chi connectivity index (χ2v) is 6.46. The van der Waals surface area contributed by atoms with E-state index in [1.807, 2.05) is 6.92 Å². The Morgan fingerprint density at radius 3 is 2.55 bits per heavy atom. The standard InChI is InChI=1S/C14H19N3O2S/c1-6-9(3)20-11-8(2)7-15-12-10(11)13(18)17(5)14(19)16(12)4/h7,9H,6H2,1-5H3/t9-/m0/s1. The molecule has 0 aromatic carbocycles. The molecule has 0 saturated carbocycles. The Balaban J connectivity index is 2.91. The van der Waals surface area contributed by atoms with Crippen molar-refractivity contribution in [1.82, 2.24) is 14.1 Å². The molecule has 0 saturated heterocycles. The van der Waals surface area contributed by atoms with E-state index in [2.05, 4.69) is 18.8 Å². The van der Waals surface area contributed by atoms with Crippen LogP contribution in [-0.2, 0) is 14.1 Å². The maximum atomic E-state index is 12.4. The van der Waals surface area contributed by atoms with Gasteiger partial charge in [0.25, 0.3) is 5.56 Å². The Bertz CT molecular complexity index is 777. The SMILES string of the molecule is CC[C@H](C)Sc1c(C)cnc2c1c(=O)n(C)c(=O)n2C. The zero-order chi connectivity index (χ0) is 15.0. The van der Waals surface area contributed by atoms with Gasteiger partial charge >= 0.3 is 5.69 Å².